The number of nitrogens with one attached hydrogen (secondary N) is 2. The van der Waals surface area contributed by atoms with Crippen LogP contribution in [0.5, 0.6) is 0 Å². The van der Waals surface area contributed by atoms with Gasteiger partial charge in [-0.25, -0.2) is 15.0 Å². The van der Waals surface area contributed by atoms with Gasteiger partial charge in [0.15, 0.2) is 0 Å². The van der Waals surface area contributed by atoms with E-state index in [2.05, 4.69) is 30.6 Å². The van der Waals surface area contributed by atoms with E-state index in [1.54, 1.807) is 18.3 Å². The summed E-state index contributed by atoms with van der Waals surface area (Å²) in [5, 5.41) is 6.14. The second kappa shape index (κ2) is 9.07. The zero-order chi connectivity index (χ0) is 21.8. The van der Waals surface area contributed by atoms with Gasteiger partial charge in [0, 0.05) is 30.1 Å². The third-order valence-corrected chi connectivity index (χ3v) is 4.62. The van der Waals surface area contributed by atoms with Crippen molar-refractivity contribution in [2.24, 2.45) is 0 Å². The average molecular weight is 451 g/mol. The van der Waals surface area contributed by atoms with Crippen LogP contribution in [0, 0.1) is 0 Å². The minimum absolute atomic E-state index is 0.0875. The monoisotopic (exact) mass is 450 g/mol. The first-order valence-corrected chi connectivity index (χ1v) is 10.0. The minimum Gasteiger partial charge on any atom is -0.340 e. The summed E-state index contributed by atoms with van der Waals surface area (Å²) in [5.41, 5.74) is 4.18. The minimum atomic E-state index is -0.138. The van der Waals surface area contributed by atoms with E-state index in [1.807, 2.05) is 48.5 Å². The van der Waals surface area contributed by atoms with Crippen LogP contribution in [-0.2, 0) is 4.79 Å². The standard InChI is InChI=1S/C22H16Cl2N6O/c1-13(31)26-15-7-9-16(10-8-15)27-20-17(12-25-21(23)30-20)19-11-18(28-22(24)29-19)14-5-3-2-4-6-14/h2-12H,1H3,(H,26,31)(H,25,27,30). The zero-order valence-electron chi connectivity index (χ0n) is 16.3. The molecule has 2 heterocycles. The molecule has 4 aromatic rings. The highest BCUT2D eigenvalue weighted by Crippen LogP contribution is 2.31. The van der Waals surface area contributed by atoms with Gasteiger partial charge < -0.3 is 10.6 Å². The van der Waals surface area contributed by atoms with Gasteiger partial charge in [0.1, 0.15) is 5.82 Å². The number of hydrogen-bond donors (Lipinski definition) is 2. The lowest BCUT2D eigenvalue weighted by molar-refractivity contribution is -0.114. The molecular formula is C22H16Cl2N6O. The number of anilines is 3. The summed E-state index contributed by atoms with van der Waals surface area (Å²) in [6.07, 6.45) is 1.58. The molecule has 2 aromatic carbocycles. The molecule has 2 aromatic heterocycles. The van der Waals surface area contributed by atoms with Crippen molar-refractivity contribution < 1.29 is 4.79 Å². The van der Waals surface area contributed by atoms with Gasteiger partial charge in [0.25, 0.3) is 0 Å². The molecule has 0 spiro atoms. The number of hydrogen-bond acceptors (Lipinski definition) is 6. The molecule has 154 valence electrons. The molecular weight excluding hydrogens is 435 g/mol. The van der Waals surface area contributed by atoms with Crippen molar-refractivity contribution in [1.82, 2.24) is 19.9 Å². The Hall–Kier alpha value is -3.55. The van der Waals surface area contributed by atoms with E-state index in [0.717, 1.165) is 11.3 Å². The maximum absolute atomic E-state index is 11.2. The smallest absolute Gasteiger partial charge is 0.224 e. The van der Waals surface area contributed by atoms with Gasteiger partial charge >= 0.3 is 0 Å². The van der Waals surface area contributed by atoms with Crippen molar-refractivity contribution in [1.29, 1.82) is 0 Å². The number of rotatable bonds is 5. The van der Waals surface area contributed by atoms with Crippen LogP contribution >= 0.6 is 23.2 Å². The van der Waals surface area contributed by atoms with Gasteiger partial charge in [-0.2, -0.15) is 4.98 Å². The molecule has 31 heavy (non-hydrogen) atoms. The van der Waals surface area contributed by atoms with Crippen molar-refractivity contribution in [3.8, 4) is 22.5 Å². The summed E-state index contributed by atoms with van der Waals surface area (Å²) >= 11 is 12.3. The third-order valence-electron chi connectivity index (χ3n) is 4.27. The molecule has 0 saturated heterocycles. The molecule has 0 aliphatic carbocycles. The fourth-order valence-electron chi connectivity index (χ4n) is 2.93. The van der Waals surface area contributed by atoms with Gasteiger partial charge in [-0.1, -0.05) is 30.3 Å². The van der Waals surface area contributed by atoms with Crippen LogP contribution in [0.25, 0.3) is 22.5 Å². The summed E-state index contributed by atoms with van der Waals surface area (Å²) < 4.78 is 0. The number of amides is 1. The first-order chi connectivity index (χ1) is 15.0. The molecule has 0 aliphatic rings. The number of halogens is 2. The van der Waals surface area contributed by atoms with Crippen LogP contribution < -0.4 is 10.6 Å². The van der Waals surface area contributed by atoms with Gasteiger partial charge in [-0.3, -0.25) is 4.79 Å². The molecule has 0 atom stereocenters. The second-order valence-corrected chi connectivity index (χ2v) is 7.23. The Kier molecular flexibility index (Phi) is 6.06. The average Bonchev–Trinajstić information content (AvgIpc) is 2.75. The van der Waals surface area contributed by atoms with Crippen molar-refractivity contribution in [2.75, 3.05) is 10.6 Å². The molecule has 0 bridgehead atoms. The number of benzene rings is 2. The molecule has 0 saturated carbocycles. The lowest BCUT2D eigenvalue weighted by atomic mass is 10.1. The maximum Gasteiger partial charge on any atom is 0.224 e. The van der Waals surface area contributed by atoms with Crippen LogP contribution in [0.1, 0.15) is 6.92 Å². The predicted molar refractivity (Wildman–Crippen MR) is 123 cm³/mol. The van der Waals surface area contributed by atoms with E-state index in [9.17, 15) is 4.79 Å². The lowest BCUT2D eigenvalue weighted by Crippen LogP contribution is -2.05. The molecule has 9 heteroatoms. The van der Waals surface area contributed by atoms with E-state index >= 15 is 0 Å². The van der Waals surface area contributed by atoms with Crippen LogP contribution in [0.2, 0.25) is 10.6 Å². The van der Waals surface area contributed by atoms with Crippen LogP contribution in [0.4, 0.5) is 17.2 Å². The van der Waals surface area contributed by atoms with E-state index in [0.29, 0.717) is 28.5 Å². The highest BCUT2D eigenvalue weighted by atomic mass is 35.5. The normalized spacial score (nSPS) is 10.5. The fraction of sp³-hybridized carbons (Fsp3) is 0.0455. The Labute approximate surface area is 188 Å². The van der Waals surface area contributed by atoms with Crippen molar-refractivity contribution in [3.05, 3.63) is 77.4 Å². The van der Waals surface area contributed by atoms with Crippen LogP contribution in [-0.4, -0.2) is 25.8 Å². The van der Waals surface area contributed by atoms with Gasteiger partial charge in [-0.15, -0.1) is 0 Å². The van der Waals surface area contributed by atoms with Crippen molar-refractivity contribution in [2.45, 2.75) is 6.92 Å². The number of aromatic nitrogens is 4. The summed E-state index contributed by atoms with van der Waals surface area (Å²) in [6.45, 7) is 1.46. The summed E-state index contributed by atoms with van der Waals surface area (Å²) in [6, 6.07) is 18.7. The Morgan fingerprint density at radius 3 is 2.23 bits per heavy atom. The van der Waals surface area contributed by atoms with E-state index in [4.69, 9.17) is 23.2 Å². The molecule has 7 nitrogen and oxygen atoms in total. The Morgan fingerprint density at radius 2 is 1.52 bits per heavy atom. The summed E-state index contributed by atoms with van der Waals surface area (Å²) in [7, 11) is 0. The van der Waals surface area contributed by atoms with E-state index in [-0.39, 0.29) is 16.5 Å². The molecule has 4 rings (SSSR count). The Balaban J connectivity index is 1.71. The topological polar surface area (TPSA) is 92.7 Å². The first kappa shape index (κ1) is 20.7. The molecule has 0 unspecified atom stereocenters. The van der Waals surface area contributed by atoms with Gasteiger partial charge in [0.05, 0.1) is 17.0 Å². The van der Waals surface area contributed by atoms with Crippen molar-refractivity contribution >= 4 is 46.3 Å². The fourth-order valence-corrected chi connectivity index (χ4v) is 3.25. The van der Waals surface area contributed by atoms with Crippen LogP contribution in [0.15, 0.2) is 66.9 Å². The first-order valence-electron chi connectivity index (χ1n) is 9.25. The largest absolute Gasteiger partial charge is 0.340 e. The number of carbonyl (C=O) groups excluding carboxylic acids is 1. The second-order valence-electron chi connectivity index (χ2n) is 6.56. The molecule has 1 amide bonds. The summed E-state index contributed by atoms with van der Waals surface area (Å²) in [4.78, 5) is 28.3. The maximum atomic E-state index is 11.2. The number of carbonyl (C=O) groups is 1. The van der Waals surface area contributed by atoms with Crippen molar-refractivity contribution in [3.63, 3.8) is 0 Å². The van der Waals surface area contributed by atoms with E-state index in [1.165, 1.54) is 6.92 Å². The molecule has 0 radical (unpaired) electrons. The Bertz CT molecular complexity index is 1230. The quantitative estimate of drug-likeness (QED) is 0.383. The molecule has 0 fully saturated rings. The summed E-state index contributed by atoms with van der Waals surface area (Å²) in [5.74, 6) is 0.321. The molecule has 0 aliphatic heterocycles. The predicted octanol–water partition coefficient (Wildman–Crippen LogP) is 5.61. The van der Waals surface area contributed by atoms with E-state index < -0.39 is 0 Å². The SMILES string of the molecule is CC(=O)Nc1ccc(Nc2nc(Cl)ncc2-c2cc(-c3ccccc3)nc(Cl)n2)cc1. The highest BCUT2D eigenvalue weighted by molar-refractivity contribution is 6.28. The Morgan fingerprint density at radius 1 is 0.839 bits per heavy atom. The number of nitrogens with zero attached hydrogens (tertiary/aromatic N) is 4. The van der Waals surface area contributed by atoms with Gasteiger partial charge in [0.2, 0.25) is 16.5 Å². The van der Waals surface area contributed by atoms with Gasteiger partial charge in [-0.05, 0) is 53.5 Å². The zero-order valence-corrected chi connectivity index (χ0v) is 17.8. The lowest BCUT2D eigenvalue weighted by Gasteiger charge is -2.12. The van der Waals surface area contributed by atoms with Crippen LogP contribution in [0.3, 0.4) is 0 Å². The molecule has 2 N–H and O–H groups in total. The third kappa shape index (κ3) is 5.14. The highest BCUT2D eigenvalue weighted by Gasteiger charge is 2.14.